The van der Waals surface area contributed by atoms with E-state index in [1.807, 2.05) is 18.2 Å². The van der Waals surface area contributed by atoms with Crippen LogP contribution in [-0.2, 0) is 11.9 Å². The predicted molar refractivity (Wildman–Crippen MR) is 84.9 cm³/mol. The van der Waals surface area contributed by atoms with E-state index in [0.29, 0.717) is 32.8 Å². The summed E-state index contributed by atoms with van der Waals surface area (Å²) in [6.45, 7) is 0.390. The zero-order valence-electron chi connectivity index (χ0n) is 9.80. The number of para-hydroxylation sites is 1. The third kappa shape index (κ3) is 3.79. The Morgan fingerprint density at radius 2 is 1.74 bits per heavy atom. The molecule has 0 amide bonds. The molecule has 2 aromatic rings. The Hall–Kier alpha value is -0.410. The van der Waals surface area contributed by atoms with E-state index in [2.05, 4.69) is 15.9 Å². The standard InChI is InChI=1S/C14H10BrCl3O/c15-7-10-2-1-3-12(17)14(10)19-8-9-4-5-11(16)13(18)6-9/h1-6H,7-8H2. The zero-order valence-corrected chi connectivity index (χ0v) is 13.7. The average Bonchev–Trinajstić information content (AvgIpc) is 2.41. The van der Waals surface area contributed by atoms with Gasteiger partial charge in [-0.15, -0.1) is 0 Å². The Kier molecular flexibility index (Phi) is 5.40. The molecule has 0 fully saturated rings. The normalized spacial score (nSPS) is 10.5. The van der Waals surface area contributed by atoms with Gasteiger partial charge in [-0.3, -0.25) is 0 Å². The molecule has 1 nitrogen and oxygen atoms in total. The molecule has 0 unspecified atom stereocenters. The monoisotopic (exact) mass is 378 g/mol. The van der Waals surface area contributed by atoms with Gasteiger partial charge in [0.25, 0.3) is 0 Å². The van der Waals surface area contributed by atoms with Crippen LogP contribution in [0.3, 0.4) is 0 Å². The lowest BCUT2D eigenvalue weighted by atomic mass is 10.2. The number of rotatable bonds is 4. The van der Waals surface area contributed by atoms with Crippen molar-refractivity contribution in [1.82, 2.24) is 0 Å². The SMILES string of the molecule is Clc1ccc(COc2c(Cl)cccc2CBr)cc1Cl. The molecule has 0 atom stereocenters. The van der Waals surface area contributed by atoms with Crippen LogP contribution in [-0.4, -0.2) is 0 Å². The molecule has 0 aliphatic carbocycles. The number of ether oxygens (including phenoxy) is 1. The van der Waals surface area contributed by atoms with Gasteiger partial charge < -0.3 is 4.74 Å². The van der Waals surface area contributed by atoms with Crippen LogP contribution in [0.25, 0.3) is 0 Å². The van der Waals surface area contributed by atoms with Crippen LogP contribution in [0.5, 0.6) is 5.75 Å². The third-order valence-corrected chi connectivity index (χ3v) is 4.20. The van der Waals surface area contributed by atoms with Crippen LogP contribution >= 0.6 is 50.7 Å². The molecule has 0 aliphatic heterocycles. The minimum atomic E-state index is 0.390. The molecular formula is C14H10BrCl3O. The minimum Gasteiger partial charge on any atom is -0.487 e. The summed E-state index contributed by atoms with van der Waals surface area (Å²) in [6.07, 6.45) is 0. The Morgan fingerprint density at radius 3 is 2.42 bits per heavy atom. The van der Waals surface area contributed by atoms with Gasteiger partial charge in [-0.1, -0.05) is 68.9 Å². The molecular weight excluding hydrogens is 370 g/mol. The van der Waals surface area contributed by atoms with Crippen molar-refractivity contribution < 1.29 is 4.74 Å². The fourth-order valence-corrected chi connectivity index (χ4v) is 2.62. The van der Waals surface area contributed by atoms with Crippen molar-refractivity contribution in [2.75, 3.05) is 0 Å². The van der Waals surface area contributed by atoms with Crippen molar-refractivity contribution in [3.8, 4) is 5.75 Å². The molecule has 2 rings (SSSR count). The first kappa shape index (κ1) is 15.0. The molecule has 0 saturated carbocycles. The van der Waals surface area contributed by atoms with Gasteiger partial charge >= 0.3 is 0 Å². The first-order valence-corrected chi connectivity index (χ1v) is 7.77. The molecule has 0 aliphatic rings. The number of alkyl halides is 1. The zero-order chi connectivity index (χ0) is 13.8. The second-order valence-electron chi connectivity index (χ2n) is 3.90. The lowest BCUT2D eigenvalue weighted by molar-refractivity contribution is 0.304. The topological polar surface area (TPSA) is 9.23 Å². The molecule has 0 radical (unpaired) electrons. The van der Waals surface area contributed by atoms with Crippen LogP contribution in [0.15, 0.2) is 36.4 Å². The van der Waals surface area contributed by atoms with Gasteiger partial charge in [0.05, 0.1) is 15.1 Å². The summed E-state index contributed by atoms with van der Waals surface area (Å²) in [5.74, 6) is 0.687. The quantitative estimate of drug-likeness (QED) is 0.581. The van der Waals surface area contributed by atoms with Crippen molar-refractivity contribution in [1.29, 1.82) is 0 Å². The molecule has 5 heteroatoms. The highest BCUT2D eigenvalue weighted by Gasteiger charge is 2.08. The second kappa shape index (κ2) is 6.85. The largest absolute Gasteiger partial charge is 0.487 e. The molecule has 0 spiro atoms. The maximum atomic E-state index is 6.14. The highest BCUT2D eigenvalue weighted by molar-refractivity contribution is 9.08. The second-order valence-corrected chi connectivity index (χ2v) is 5.68. The summed E-state index contributed by atoms with van der Waals surface area (Å²) < 4.78 is 5.78. The van der Waals surface area contributed by atoms with E-state index in [-0.39, 0.29) is 0 Å². The van der Waals surface area contributed by atoms with E-state index in [9.17, 15) is 0 Å². The van der Waals surface area contributed by atoms with Crippen molar-refractivity contribution in [2.45, 2.75) is 11.9 Å². The summed E-state index contributed by atoms with van der Waals surface area (Å²) in [4.78, 5) is 0. The Labute approximate surface area is 135 Å². The van der Waals surface area contributed by atoms with E-state index in [1.54, 1.807) is 18.2 Å². The van der Waals surface area contributed by atoms with E-state index in [1.165, 1.54) is 0 Å². The smallest absolute Gasteiger partial charge is 0.142 e. The van der Waals surface area contributed by atoms with Crippen LogP contribution in [0.4, 0.5) is 0 Å². The van der Waals surface area contributed by atoms with Crippen LogP contribution in [0.2, 0.25) is 15.1 Å². The highest BCUT2D eigenvalue weighted by Crippen LogP contribution is 2.31. The van der Waals surface area contributed by atoms with Gasteiger partial charge in [0, 0.05) is 10.9 Å². The lowest BCUT2D eigenvalue weighted by Gasteiger charge is -2.12. The maximum absolute atomic E-state index is 6.14. The van der Waals surface area contributed by atoms with Gasteiger partial charge in [-0.25, -0.2) is 0 Å². The van der Waals surface area contributed by atoms with Gasteiger partial charge in [-0.2, -0.15) is 0 Å². The van der Waals surface area contributed by atoms with Gasteiger partial charge in [0.2, 0.25) is 0 Å². The molecule has 0 heterocycles. The lowest BCUT2D eigenvalue weighted by Crippen LogP contribution is -1.98. The van der Waals surface area contributed by atoms with Crippen molar-refractivity contribution in [2.24, 2.45) is 0 Å². The van der Waals surface area contributed by atoms with E-state index >= 15 is 0 Å². The minimum absolute atomic E-state index is 0.390. The number of hydrogen-bond donors (Lipinski definition) is 0. The van der Waals surface area contributed by atoms with Crippen molar-refractivity contribution >= 4 is 50.7 Å². The Balaban J connectivity index is 2.16. The van der Waals surface area contributed by atoms with Gasteiger partial charge in [0.15, 0.2) is 0 Å². The Morgan fingerprint density at radius 1 is 0.947 bits per heavy atom. The summed E-state index contributed by atoms with van der Waals surface area (Å²) >= 11 is 21.4. The Bertz CT molecular complexity index is 587. The van der Waals surface area contributed by atoms with Crippen LogP contribution < -0.4 is 4.74 Å². The van der Waals surface area contributed by atoms with Gasteiger partial charge in [0.1, 0.15) is 12.4 Å². The number of halogens is 4. The van der Waals surface area contributed by atoms with Crippen LogP contribution in [0, 0.1) is 0 Å². The first-order chi connectivity index (χ1) is 9.11. The van der Waals surface area contributed by atoms with E-state index in [4.69, 9.17) is 39.5 Å². The summed E-state index contributed by atoms with van der Waals surface area (Å²) in [5, 5.41) is 2.33. The molecule has 19 heavy (non-hydrogen) atoms. The predicted octanol–water partition coefficient (Wildman–Crippen LogP) is 6.12. The summed E-state index contributed by atoms with van der Waals surface area (Å²) in [7, 11) is 0. The van der Waals surface area contributed by atoms with Crippen LogP contribution in [0.1, 0.15) is 11.1 Å². The molecule has 0 aromatic heterocycles. The molecule has 0 bridgehead atoms. The van der Waals surface area contributed by atoms with Crippen molar-refractivity contribution in [3.63, 3.8) is 0 Å². The molecule has 100 valence electrons. The van der Waals surface area contributed by atoms with E-state index < -0.39 is 0 Å². The molecule has 0 saturated heterocycles. The highest BCUT2D eigenvalue weighted by atomic mass is 79.9. The fraction of sp³-hybridized carbons (Fsp3) is 0.143. The van der Waals surface area contributed by atoms with E-state index in [0.717, 1.165) is 11.1 Å². The number of hydrogen-bond acceptors (Lipinski definition) is 1. The number of benzene rings is 2. The van der Waals surface area contributed by atoms with Gasteiger partial charge in [-0.05, 0) is 23.8 Å². The fourth-order valence-electron chi connectivity index (χ4n) is 1.61. The first-order valence-electron chi connectivity index (χ1n) is 5.52. The maximum Gasteiger partial charge on any atom is 0.142 e. The molecule has 2 aromatic carbocycles. The summed E-state index contributed by atoms with van der Waals surface area (Å²) in [6, 6.07) is 11.1. The third-order valence-electron chi connectivity index (χ3n) is 2.56. The van der Waals surface area contributed by atoms with Crippen molar-refractivity contribution in [3.05, 3.63) is 62.6 Å². The molecule has 0 N–H and O–H groups in total. The summed E-state index contributed by atoms with van der Waals surface area (Å²) in [5.41, 5.74) is 1.95. The average molecular weight is 380 g/mol.